The number of carbonyl (C=O) groups is 1. The molecule has 0 atom stereocenters. The van der Waals surface area contributed by atoms with E-state index in [2.05, 4.69) is 20.6 Å². The summed E-state index contributed by atoms with van der Waals surface area (Å²) in [6.45, 7) is 1.87. The number of carbonyl (C=O) groups excluding carboxylic acids is 1. The van der Waals surface area contributed by atoms with Gasteiger partial charge in [-0.15, -0.1) is 0 Å². The molecule has 3 aromatic heterocycles. The molecule has 1 saturated carbocycles. The fourth-order valence-electron chi connectivity index (χ4n) is 3.55. The van der Waals surface area contributed by atoms with Crippen LogP contribution in [0.1, 0.15) is 40.6 Å². The molecule has 152 valence electrons. The van der Waals surface area contributed by atoms with Crippen LogP contribution in [0.4, 0.5) is 14.5 Å². The summed E-state index contributed by atoms with van der Waals surface area (Å²) in [6.07, 6.45) is 2.74. The number of benzene rings is 1. The number of hydrogen-bond acceptors (Lipinski definition) is 5. The first-order valence-corrected chi connectivity index (χ1v) is 9.46. The zero-order chi connectivity index (χ0) is 20.9. The van der Waals surface area contributed by atoms with Crippen LogP contribution in [-0.4, -0.2) is 31.6 Å². The minimum Gasteiger partial charge on any atom is -0.339 e. The van der Waals surface area contributed by atoms with E-state index in [1.807, 2.05) is 31.2 Å². The van der Waals surface area contributed by atoms with Crippen molar-refractivity contribution in [3.63, 3.8) is 0 Å². The second-order valence-corrected chi connectivity index (χ2v) is 7.49. The van der Waals surface area contributed by atoms with Crippen LogP contribution in [0.15, 0.2) is 53.3 Å². The van der Waals surface area contributed by atoms with E-state index in [9.17, 15) is 13.6 Å². The molecule has 1 aliphatic rings. The molecule has 0 aliphatic heterocycles. The van der Waals surface area contributed by atoms with E-state index in [1.54, 1.807) is 22.8 Å². The van der Waals surface area contributed by atoms with Gasteiger partial charge in [-0.25, -0.2) is 13.3 Å². The van der Waals surface area contributed by atoms with Gasteiger partial charge in [-0.05, 0) is 30.7 Å². The summed E-state index contributed by atoms with van der Waals surface area (Å²) < 4.78 is 33.0. The molecule has 7 nitrogen and oxygen atoms in total. The third-order valence-corrected chi connectivity index (χ3v) is 5.30. The van der Waals surface area contributed by atoms with Gasteiger partial charge in [-0.1, -0.05) is 23.4 Å². The average Bonchev–Trinajstić information content (AvgIpc) is 3.35. The van der Waals surface area contributed by atoms with Crippen molar-refractivity contribution < 1.29 is 18.1 Å². The smallest absolute Gasteiger partial charge is 0.259 e. The predicted molar refractivity (Wildman–Crippen MR) is 105 cm³/mol. The summed E-state index contributed by atoms with van der Waals surface area (Å²) in [7, 11) is 0. The highest BCUT2D eigenvalue weighted by Gasteiger charge is 2.48. The molecule has 1 aromatic carbocycles. The molecule has 0 saturated heterocycles. The number of aromatic nitrogens is 4. The van der Waals surface area contributed by atoms with Crippen LogP contribution < -0.4 is 5.32 Å². The summed E-state index contributed by atoms with van der Waals surface area (Å²) in [5, 5.41) is 11.0. The maximum atomic E-state index is 13.1. The van der Waals surface area contributed by atoms with Gasteiger partial charge in [0.15, 0.2) is 0 Å². The number of anilines is 1. The molecule has 1 N–H and O–H groups in total. The predicted octanol–water partition coefficient (Wildman–Crippen LogP) is 4.46. The Morgan fingerprint density at radius 3 is 2.90 bits per heavy atom. The molecule has 0 bridgehead atoms. The Morgan fingerprint density at radius 2 is 2.10 bits per heavy atom. The number of nitrogens with one attached hydrogen (secondary N) is 1. The molecule has 9 heteroatoms. The van der Waals surface area contributed by atoms with E-state index >= 15 is 0 Å². The minimum absolute atomic E-state index is 0.216. The summed E-state index contributed by atoms with van der Waals surface area (Å²) in [4.78, 5) is 17.1. The van der Waals surface area contributed by atoms with Crippen LogP contribution in [0.2, 0.25) is 0 Å². The lowest BCUT2D eigenvalue weighted by molar-refractivity contribution is -0.0925. The third kappa shape index (κ3) is 3.22. The quantitative estimate of drug-likeness (QED) is 0.538. The summed E-state index contributed by atoms with van der Waals surface area (Å²) in [5.41, 5.74) is 3.22. The van der Waals surface area contributed by atoms with Gasteiger partial charge in [0.25, 0.3) is 5.91 Å². The number of amides is 1. The van der Waals surface area contributed by atoms with Gasteiger partial charge in [0, 0.05) is 36.2 Å². The molecule has 1 fully saturated rings. The first kappa shape index (κ1) is 18.4. The van der Waals surface area contributed by atoms with Crippen LogP contribution in [0, 0.1) is 6.92 Å². The molecular formula is C21H17F2N5O2. The zero-order valence-electron chi connectivity index (χ0n) is 16.0. The number of alkyl halides is 2. The number of pyridine rings is 1. The van der Waals surface area contributed by atoms with Crippen LogP contribution in [0.5, 0.6) is 0 Å². The van der Waals surface area contributed by atoms with E-state index in [0.29, 0.717) is 28.2 Å². The molecule has 1 aliphatic carbocycles. The molecule has 3 heterocycles. The lowest BCUT2D eigenvalue weighted by Gasteiger charge is -2.31. The first-order valence-electron chi connectivity index (χ1n) is 9.46. The highest BCUT2D eigenvalue weighted by atomic mass is 19.3. The first-order chi connectivity index (χ1) is 14.4. The maximum Gasteiger partial charge on any atom is 0.259 e. The van der Waals surface area contributed by atoms with E-state index < -0.39 is 11.8 Å². The Hall–Kier alpha value is -3.62. The van der Waals surface area contributed by atoms with E-state index in [-0.39, 0.29) is 24.6 Å². The van der Waals surface area contributed by atoms with E-state index in [0.717, 1.165) is 5.56 Å². The SMILES string of the molecule is Cc1ccc(-c2noc(C3CC(F)(F)C3)n2)cc1NC(=O)c1cnn2ccccc12. The van der Waals surface area contributed by atoms with Crippen molar-refractivity contribution in [3.8, 4) is 11.4 Å². The Kier molecular flexibility index (Phi) is 4.12. The molecular weight excluding hydrogens is 392 g/mol. The number of halogens is 2. The number of fused-ring (bicyclic) bond motifs is 1. The Balaban J connectivity index is 1.39. The van der Waals surface area contributed by atoms with Gasteiger partial charge in [0.2, 0.25) is 17.6 Å². The monoisotopic (exact) mass is 409 g/mol. The molecule has 1 amide bonds. The highest BCUT2D eigenvalue weighted by Crippen LogP contribution is 2.47. The van der Waals surface area contributed by atoms with E-state index in [1.165, 1.54) is 6.20 Å². The van der Waals surface area contributed by atoms with Gasteiger partial charge >= 0.3 is 0 Å². The van der Waals surface area contributed by atoms with Gasteiger partial charge in [-0.3, -0.25) is 4.79 Å². The largest absolute Gasteiger partial charge is 0.339 e. The lowest BCUT2D eigenvalue weighted by Crippen LogP contribution is -2.33. The molecule has 30 heavy (non-hydrogen) atoms. The van der Waals surface area contributed by atoms with Crippen LogP contribution >= 0.6 is 0 Å². The fraction of sp³-hybridized carbons (Fsp3) is 0.238. The zero-order valence-corrected chi connectivity index (χ0v) is 16.0. The van der Waals surface area contributed by atoms with Crippen molar-refractivity contribution in [2.75, 3.05) is 5.32 Å². The van der Waals surface area contributed by atoms with Crippen molar-refractivity contribution in [3.05, 3.63) is 65.8 Å². The minimum atomic E-state index is -2.65. The second-order valence-electron chi connectivity index (χ2n) is 7.49. The number of hydrogen-bond donors (Lipinski definition) is 1. The molecule has 0 unspecified atom stereocenters. The molecule has 4 aromatic rings. The van der Waals surface area contributed by atoms with Crippen molar-refractivity contribution in [2.45, 2.75) is 31.6 Å². The average molecular weight is 409 g/mol. The second kappa shape index (κ2) is 6.72. The van der Waals surface area contributed by atoms with Crippen LogP contribution in [-0.2, 0) is 0 Å². The summed E-state index contributed by atoms with van der Waals surface area (Å²) in [5.74, 6) is -2.85. The van der Waals surface area contributed by atoms with Gasteiger partial charge in [0.1, 0.15) is 0 Å². The van der Waals surface area contributed by atoms with Crippen molar-refractivity contribution in [1.29, 1.82) is 0 Å². The molecule has 0 spiro atoms. The summed E-state index contributed by atoms with van der Waals surface area (Å²) >= 11 is 0. The number of nitrogens with zero attached hydrogens (tertiary/aromatic N) is 4. The van der Waals surface area contributed by atoms with Crippen molar-refractivity contribution in [2.24, 2.45) is 0 Å². The maximum absolute atomic E-state index is 13.1. The van der Waals surface area contributed by atoms with Gasteiger partial charge in [-0.2, -0.15) is 10.1 Å². The number of rotatable bonds is 4. The van der Waals surface area contributed by atoms with Crippen molar-refractivity contribution in [1.82, 2.24) is 19.8 Å². The topological polar surface area (TPSA) is 85.3 Å². The Morgan fingerprint density at radius 1 is 1.27 bits per heavy atom. The Labute approximate surface area is 169 Å². The Bertz CT molecular complexity index is 1260. The van der Waals surface area contributed by atoms with Crippen molar-refractivity contribution >= 4 is 17.1 Å². The van der Waals surface area contributed by atoms with Crippen LogP contribution in [0.3, 0.4) is 0 Å². The molecule has 5 rings (SSSR count). The van der Waals surface area contributed by atoms with Crippen LogP contribution in [0.25, 0.3) is 16.9 Å². The standard InChI is InChI=1S/C21H17F2N5O2/c1-12-5-6-13(18-26-20(30-27-18)14-9-21(22,23)10-14)8-16(12)25-19(29)15-11-24-28-7-3-2-4-17(15)28/h2-8,11,14H,9-10H2,1H3,(H,25,29). The third-order valence-electron chi connectivity index (χ3n) is 5.30. The highest BCUT2D eigenvalue weighted by molar-refractivity contribution is 6.09. The van der Waals surface area contributed by atoms with Gasteiger partial charge in [0.05, 0.1) is 17.3 Å². The summed E-state index contributed by atoms with van der Waals surface area (Å²) in [6, 6.07) is 10.8. The van der Waals surface area contributed by atoms with E-state index in [4.69, 9.17) is 4.52 Å². The fourth-order valence-corrected chi connectivity index (χ4v) is 3.55. The lowest BCUT2D eigenvalue weighted by atomic mass is 9.81. The normalized spacial score (nSPS) is 15.8. The molecule has 0 radical (unpaired) electrons. The number of aryl methyl sites for hydroxylation is 1. The van der Waals surface area contributed by atoms with Gasteiger partial charge < -0.3 is 9.84 Å².